The molecule has 39 heavy (non-hydrogen) atoms. The minimum Gasteiger partial charge on any atom is -0.466 e. The van der Waals surface area contributed by atoms with Crippen molar-refractivity contribution in [1.82, 2.24) is 10.2 Å². The van der Waals surface area contributed by atoms with Crippen molar-refractivity contribution in [3.05, 3.63) is 97.9 Å². The Morgan fingerprint density at radius 1 is 0.949 bits per heavy atom. The molecule has 0 aliphatic carbocycles. The lowest BCUT2D eigenvalue weighted by molar-refractivity contribution is -0.384. The fourth-order valence-corrected chi connectivity index (χ4v) is 4.85. The van der Waals surface area contributed by atoms with Gasteiger partial charge in [0.1, 0.15) is 0 Å². The van der Waals surface area contributed by atoms with Crippen LogP contribution in [0.5, 0.6) is 0 Å². The average Bonchev–Trinajstić information content (AvgIpc) is 3.16. The minimum atomic E-state index is -0.954. The topological polar surface area (TPSA) is 145 Å². The van der Waals surface area contributed by atoms with Crippen molar-refractivity contribution in [3.8, 4) is 0 Å². The number of ether oxygens (including phenoxy) is 2. The molecule has 2 amide bonds. The van der Waals surface area contributed by atoms with Gasteiger partial charge in [0, 0.05) is 30.1 Å². The van der Waals surface area contributed by atoms with E-state index in [2.05, 4.69) is 5.32 Å². The van der Waals surface area contributed by atoms with Crippen LogP contribution in [0, 0.1) is 10.1 Å². The average molecular weight is 534 g/mol. The number of allylic oxidation sites excluding steroid dienone is 2. The minimum absolute atomic E-state index is 0.00328. The predicted molar refractivity (Wildman–Crippen MR) is 138 cm³/mol. The van der Waals surface area contributed by atoms with Gasteiger partial charge in [-0.2, -0.15) is 0 Å². The number of nitro groups is 1. The molecule has 2 aromatic rings. The molecule has 0 saturated heterocycles. The third-order valence-electron chi connectivity index (χ3n) is 6.69. The van der Waals surface area contributed by atoms with Crippen molar-refractivity contribution >= 4 is 29.4 Å². The van der Waals surface area contributed by atoms with Crippen LogP contribution in [0.4, 0.5) is 5.69 Å². The monoisotopic (exact) mass is 533 g/mol. The molecule has 0 spiro atoms. The zero-order chi connectivity index (χ0) is 28.3. The van der Waals surface area contributed by atoms with Gasteiger partial charge in [0.05, 0.1) is 46.8 Å². The van der Waals surface area contributed by atoms with E-state index < -0.39 is 22.8 Å². The molecule has 0 aromatic heterocycles. The van der Waals surface area contributed by atoms with Crippen LogP contribution in [0.1, 0.15) is 58.9 Å². The quantitative estimate of drug-likeness (QED) is 0.168. The van der Waals surface area contributed by atoms with Crippen LogP contribution in [-0.4, -0.2) is 53.8 Å². The fraction of sp³-hybridized carbons (Fsp3) is 0.286. The molecular weight excluding hydrogens is 506 g/mol. The first kappa shape index (κ1) is 27.2. The van der Waals surface area contributed by atoms with Crippen molar-refractivity contribution in [2.75, 3.05) is 20.3 Å². The van der Waals surface area contributed by atoms with E-state index in [0.29, 0.717) is 40.9 Å². The van der Waals surface area contributed by atoms with Crippen molar-refractivity contribution < 1.29 is 33.6 Å². The van der Waals surface area contributed by atoms with Gasteiger partial charge < -0.3 is 14.8 Å². The first-order valence-electron chi connectivity index (χ1n) is 12.3. The highest BCUT2D eigenvalue weighted by Gasteiger charge is 2.38. The summed E-state index contributed by atoms with van der Waals surface area (Å²) in [6.45, 7) is 3.48. The normalized spacial score (nSPS) is 16.7. The van der Waals surface area contributed by atoms with Crippen LogP contribution in [0.15, 0.2) is 71.1 Å². The Labute approximate surface area is 224 Å². The number of fused-ring (bicyclic) bond motifs is 1. The maximum atomic E-state index is 13.3. The summed E-state index contributed by atoms with van der Waals surface area (Å²) in [5.41, 5.74) is 2.08. The zero-order valence-electron chi connectivity index (χ0n) is 21.7. The number of imide groups is 1. The van der Waals surface area contributed by atoms with Gasteiger partial charge in [0.25, 0.3) is 17.5 Å². The molecule has 4 rings (SSSR count). The van der Waals surface area contributed by atoms with E-state index in [1.807, 2.05) is 0 Å². The molecule has 202 valence electrons. The van der Waals surface area contributed by atoms with Gasteiger partial charge in [0.15, 0.2) is 0 Å². The molecular formula is C28H27N3O8. The van der Waals surface area contributed by atoms with Gasteiger partial charge in [-0.3, -0.25) is 24.6 Å². The van der Waals surface area contributed by atoms with Crippen LogP contribution in [-0.2, 0) is 19.1 Å². The Hall–Kier alpha value is -4.80. The second kappa shape index (κ2) is 11.3. The largest absolute Gasteiger partial charge is 0.466 e. The first-order valence-corrected chi connectivity index (χ1v) is 12.3. The molecule has 0 saturated carbocycles. The number of nitrogens with one attached hydrogen (secondary N) is 1. The van der Waals surface area contributed by atoms with Crippen LogP contribution >= 0.6 is 0 Å². The van der Waals surface area contributed by atoms with E-state index in [1.165, 1.54) is 30.2 Å². The number of hydrogen-bond donors (Lipinski definition) is 1. The van der Waals surface area contributed by atoms with Crippen molar-refractivity contribution in [1.29, 1.82) is 0 Å². The van der Waals surface area contributed by atoms with Gasteiger partial charge in [0.2, 0.25) is 0 Å². The van der Waals surface area contributed by atoms with Crippen LogP contribution in [0.25, 0.3) is 0 Å². The van der Waals surface area contributed by atoms with Gasteiger partial charge in [-0.15, -0.1) is 0 Å². The number of rotatable bonds is 9. The molecule has 2 aliphatic heterocycles. The number of benzene rings is 2. The standard InChI is InChI=1S/C28H27N3O8/c1-16-22(27(34)38-3)24(18-9-8-10-19(15-18)31(36)37)23(17(2)29-16)28(35)39-14-7-6-13-30-25(32)20-11-4-5-12-21(20)26(30)33/h4-5,8-12,15,24,29H,6-7,13-14H2,1-3H3. The first-order chi connectivity index (χ1) is 18.6. The zero-order valence-corrected chi connectivity index (χ0v) is 21.7. The summed E-state index contributed by atoms with van der Waals surface area (Å²) in [6.07, 6.45) is 0.787. The van der Waals surface area contributed by atoms with E-state index in [0.717, 1.165) is 0 Å². The van der Waals surface area contributed by atoms with Crippen LogP contribution in [0.3, 0.4) is 0 Å². The number of nitrogens with zero attached hydrogens (tertiary/aromatic N) is 2. The molecule has 2 aromatic carbocycles. The number of amides is 2. The highest BCUT2D eigenvalue weighted by molar-refractivity contribution is 6.21. The summed E-state index contributed by atoms with van der Waals surface area (Å²) >= 11 is 0. The Balaban J connectivity index is 1.46. The summed E-state index contributed by atoms with van der Waals surface area (Å²) in [4.78, 5) is 63.1. The van der Waals surface area contributed by atoms with Crippen molar-refractivity contribution in [2.45, 2.75) is 32.6 Å². The molecule has 1 N–H and O–H groups in total. The third-order valence-corrected chi connectivity index (χ3v) is 6.69. The van der Waals surface area contributed by atoms with Crippen molar-refractivity contribution in [2.24, 2.45) is 0 Å². The van der Waals surface area contributed by atoms with E-state index in [1.54, 1.807) is 44.2 Å². The van der Waals surface area contributed by atoms with Gasteiger partial charge in [-0.05, 0) is 44.4 Å². The van der Waals surface area contributed by atoms with E-state index in [4.69, 9.17) is 9.47 Å². The molecule has 0 bridgehead atoms. The number of methoxy groups -OCH3 is 1. The van der Waals surface area contributed by atoms with Gasteiger partial charge in [-0.25, -0.2) is 9.59 Å². The summed E-state index contributed by atoms with van der Waals surface area (Å²) in [7, 11) is 1.21. The lowest BCUT2D eigenvalue weighted by Crippen LogP contribution is -2.32. The third kappa shape index (κ3) is 5.28. The Morgan fingerprint density at radius 2 is 1.56 bits per heavy atom. The highest BCUT2D eigenvalue weighted by atomic mass is 16.6. The number of carbonyl (C=O) groups is 4. The molecule has 2 heterocycles. The Bertz CT molecular complexity index is 1410. The van der Waals surface area contributed by atoms with E-state index in [-0.39, 0.29) is 41.8 Å². The molecule has 11 heteroatoms. The molecule has 1 atom stereocenters. The lowest BCUT2D eigenvalue weighted by Gasteiger charge is -2.30. The Kier molecular flexibility index (Phi) is 7.89. The molecule has 11 nitrogen and oxygen atoms in total. The molecule has 1 unspecified atom stereocenters. The molecule has 0 fully saturated rings. The summed E-state index contributed by atoms with van der Waals surface area (Å²) < 4.78 is 10.5. The van der Waals surface area contributed by atoms with Crippen LogP contribution < -0.4 is 5.32 Å². The second-order valence-corrected chi connectivity index (χ2v) is 9.13. The number of dihydropyridines is 1. The summed E-state index contributed by atoms with van der Waals surface area (Å²) in [5, 5.41) is 14.4. The second-order valence-electron chi connectivity index (χ2n) is 9.13. The van der Waals surface area contributed by atoms with Crippen molar-refractivity contribution in [3.63, 3.8) is 0 Å². The number of esters is 2. The van der Waals surface area contributed by atoms with E-state index >= 15 is 0 Å². The summed E-state index contributed by atoms with van der Waals surface area (Å²) in [6, 6.07) is 12.3. The highest BCUT2D eigenvalue weighted by Crippen LogP contribution is 2.40. The SMILES string of the molecule is COC(=O)C1=C(C)NC(C)=C(C(=O)OCCCCN2C(=O)c3ccccc3C2=O)C1c1cccc([N+](=O)[O-])c1. The summed E-state index contributed by atoms with van der Waals surface area (Å²) in [5.74, 6) is -3.04. The maximum Gasteiger partial charge on any atom is 0.336 e. The number of unbranched alkanes of at least 4 members (excludes halogenated alkanes) is 1. The van der Waals surface area contributed by atoms with Gasteiger partial charge >= 0.3 is 11.9 Å². The number of carbonyl (C=O) groups excluding carboxylic acids is 4. The molecule has 0 radical (unpaired) electrons. The van der Waals surface area contributed by atoms with Gasteiger partial charge in [-0.1, -0.05) is 24.3 Å². The predicted octanol–water partition coefficient (Wildman–Crippen LogP) is 3.62. The number of hydrogen-bond acceptors (Lipinski definition) is 9. The molecule has 2 aliphatic rings. The van der Waals surface area contributed by atoms with Crippen LogP contribution in [0.2, 0.25) is 0 Å². The van der Waals surface area contributed by atoms with E-state index in [9.17, 15) is 29.3 Å². The number of non-ortho nitro benzene ring substituents is 1. The lowest BCUT2D eigenvalue weighted by atomic mass is 9.80. The Morgan fingerprint density at radius 3 is 2.15 bits per heavy atom. The maximum absolute atomic E-state index is 13.3. The smallest absolute Gasteiger partial charge is 0.336 e. The fourth-order valence-electron chi connectivity index (χ4n) is 4.85. The number of nitro benzene ring substituents is 1.